The van der Waals surface area contributed by atoms with Gasteiger partial charge < -0.3 is 14.6 Å². The third-order valence-electron chi connectivity index (χ3n) is 2.67. The number of carboxylic acids is 1. The van der Waals surface area contributed by atoms with E-state index in [1.165, 1.54) is 12.1 Å². The van der Waals surface area contributed by atoms with Crippen molar-refractivity contribution in [1.82, 2.24) is 4.90 Å². The van der Waals surface area contributed by atoms with Gasteiger partial charge in [-0.1, -0.05) is 0 Å². The van der Waals surface area contributed by atoms with E-state index in [0.29, 0.717) is 38.5 Å². The van der Waals surface area contributed by atoms with E-state index in [9.17, 15) is 9.18 Å². The first-order valence-corrected chi connectivity index (χ1v) is 6.43. The van der Waals surface area contributed by atoms with E-state index in [4.69, 9.17) is 14.6 Å². The third-order valence-corrected chi connectivity index (χ3v) is 2.67. The highest BCUT2D eigenvalue weighted by atomic mass is 19.1. The van der Waals surface area contributed by atoms with E-state index in [1.54, 1.807) is 24.1 Å². The molecule has 0 radical (unpaired) electrons. The summed E-state index contributed by atoms with van der Waals surface area (Å²) in [4.78, 5) is 12.5. The van der Waals surface area contributed by atoms with Gasteiger partial charge in [-0.3, -0.25) is 9.69 Å². The summed E-state index contributed by atoms with van der Waals surface area (Å²) in [6.07, 6.45) is 0.689. The second-order valence-corrected chi connectivity index (χ2v) is 4.32. The van der Waals surface area contributed by atoms with Crippen molar-refractivity contribution in [3.63, 3.8) is 0 Å². The van der Waals surface area contributed by atoms with Crippen molar-refractivity contribution >= 4 is 5.97 Å². The molecule has 0 spiro atoms. The van der Waals surface area contributed by atoms with Crippen LogP contribution < -0.4 is 4.74 Å². The van der Waals surface area contributed by atoms with Gasteiger partial charge in [0.05, 0.1) is 19.8 Å². The molecule has 1 N–H and O–H groups in total. The first-order chi connectivity index (χ1) is 9.61. The van der Waals surface area contributed by atoms with Crippen LogP contribution in [-0.4, -0.2) is 55.9 Å². The Balaban J connectivity index is 2.25. The number of halogens is 1. The van der Waals surface area contributed by atoms with Gasteiger partial charge in [0, 0.05) is 20.2 Å². The fourth-order valence-electron chi connectivity index (χ4n) is 1.69. The summed E-state index contributed by atoms with van der Waals surface area (Å²) in [6.45, 7) is 2.11. The molecular formula is C14H20FNO4. The second kappa shape index (κ2) is 9.28. The fourth-order valence-corrected chi connectivity index (χ4v) is 1.69. The summed E-state index contributed by atoms with van der Waals surface area (Å²) in [5, 5.41) is 8.79. The highest BCUT2D eigenvalue weighted by Crippen LogP contribution is 2.11. The first-order valence-electron chi connectivity index (χ1n) is 6.43. The minimum atomic E-state index is -0.861. The van der Waals surface area contributed by atoms with Crippen LogP contribution in [0.2, 0.25) is 0 Å². The van der Waals surface area contributed by atoms with Crippen molar-refractivity contribution in [2.24, 2.45) is 0 Å². The van der Waals surface area contributed by atoms with Crippen molar-refractivity contribution in [3.05, 3.63) is 30.1 Å². The Hall–Kier alpha value is -1.66. The maximum absolute atomic E-state index is 12.7. The van der Waals surface area contributed by atoms with Crippen molar-refractivity contribution in [2.75, 3.05) is 40.0 Å². The normalized spacial score (nSPS) is 10.8. The Morgan fingerprint density at radius 3 is 2.55 bits per heavy atom. The van der Waals surface area contributed by atoms with Gasteiger partial charge in [-0.05, 0) is 30.7 Å². The molecule has 0 heterocycles. The number of methoxy groups -OCH3 is 1. The molecule has 1 aromatic rings. The summed E-state index contributed by atoms with van der Waals surface area (Å²) < 4.78 is 23.1. The van der Waals surface area contributed by atoms with E-state index >= 15 is 0 Å². The van der Waals surface area contributed by atoms with Crippen molar-refractivity contribution in [2.45, 2.75) is 6.42 Å². The third kappa shape index (κ3) is 7.06. The molecule has 0 aliphatic heterocycles. The van der Waals surface area contributed by atoms with Crippen molar-refractivity contribution in [3.8, 4) is 5.75 Å². The summed E-state index contributed by atoms with van der Waals surface area (Å²) in [6, 6.07) is 5.81. The molecule has 0 amide bonds. The van der Waals surface area contributed by atoms with Crippen LogP contribution in [0.1, 0.15) is 6.42 Å². The number of ether oxygens (including phenoxy) is 2. The van der Waals surface area contributed by atoms with Gasteiger partial charge >= 0.3 is 5.97 Å². The van der Waals surface area contributed by atoms with Gasteiger partial charge in [-0.15, -0.1) is 0 Å². The van der Waals surface area contributed by atoms with Crippen LogP contribution in [0.25, 0.3) is 0 Å². The zero-order valence-corrected chi connectivity index (χ0v) is 11.5. The number of hydrogen-bond donors (Lipinski definition) is 1. The Bertz CT molecular complexity index is 397. The van der Waals surface area contributed by atoms with E-state index in [0.717, 1.165) is 0 Å². The molecule has 6 heteroatoms. The molecule has 1 aromatic carbocycles. The molecule has 5 nitrogen and oxygen atoms in total. The molecule has 0 saturated heterocycles. The average molecular weight is 285 g/mol. The maximum Gasteiger partial charge on any atom is 0.317 e. The summed E-state index contributed by atoms with van der Waals surface area (Å²) in [7, 11) is 1.58. The van der Waals surface area contributed by atoms with Crippen LogP contribution in [0.4, 0.5) is 4.39 Å². The van der Waals surface area contributed by atoms with E-state index in [2.05, 4.69) is 0 Å². The first kappa shape index (κ1) is 16.4. The standard InChI is InChI=1S/C14H20FNO4/c1-19-10-8-16(11-14(17)18)7-2-9-20-13-5-3-12(15)4-6-13/h3-6H,2,7-11H2,1H3,(H,17,18). The Morgan fingerprint density at radius 1 is 1.25 bits per heavy atom. The van der Waals surface area contributed by atoms with Crippen molar-refractivity contribution < 1.29 is 23.8 Å². The second-order valence-electron chi connectivity index (χ2n) is 4.32. The largest absolute Gasteiger partial charge is 0.494 e. The van der Waals surface area contributed by atoms with Gasteiger partial charge in [0.15, 0.2) is 0 Å². The van der Waals surface area contributed by atoms with Gasteiger partial charge in [0.1, 0.15) is 11.6 Å². The number of aliphatic carboxylic acids is 1. The average Bonchev–Trinajstić information content (AvgIpc) is 2.42. The van der Waals surface area contributed by atoms with Crippen LogP contribution in [0.5, 0.6) is 5.75 Å². The fraction of sp³-hybridized carbons (Fsp3) is 0.500. The Morgan fingerprint density at radius 2 is 1.95 bits per heavy atom. The lowest BCUT2D eigenvalue weighted by atomic mass is 10.3. The van der Waals surface area contributed by atoms with Crippen LogP contribution in [-0.2, 0) is 9.53 Å². The summed E-state index contributed by atoms with van der Waals surface area (Å²) >= 11 is 0. The lowest BCUT2D eigenvalue weighted by molar-refractivity contribution is -0.138. The van der Waals surface area contributed by atoms with Gasteiger partial charge in [0.25, 0.3) is 0 Å². The monoisotopic (exact) mass is 285 g/mol. The predicted octanol–water partition coefficient (Wildman–Crippen LogP) is 1.63. The lowest BCUT2D eigenvalue weighted by Crippen LogP contribution is -2.34. The van der Waals surface area contributed by atoms with Gasteiger partial charge in [-0.2, -0.15) is 0 Å². The molecule has 1 rings (SSSR count). The molecule has 20 heavy (non-hydrogen) atoms. The molecular weight excluding hydrogens is 265 g/mol. The molecule has 0 fully saturated rings. The molecule has 112 valence electrons. The van der Waals surface area contributed by atoms with Crippen LogP contribution in [0.15, 0.2) is 24.3 Å². The number of rotatable bonds is 10. The van der Waals surface area contributed by atoms with Gasteiger partial charge in [0.2, 0.25) is 0 Å². The quantitative estimate of drug-likeness (QED) is 0.662. The highest BCUT2D eigenvalue weighted by Gasteiger charge is 2.09. The molecule has 0 aliphatic rings. The molecule has 0 aliphatic carbocycles. The number of hydrogen-bond acceptors (Lipinski definition) is 4. The smallest absolute Gasteiger partial charge is 0.317 e. The minimum Gasteiger partial charge on any atom is -0.494 e. The van der Waals surface area contributed by atoms with Crippen LogP contribution in [0, 0.1) is 5.82 Å². The van der Waals surface area contributed by atoms with Crippen LogP contribution >= 0.6 is 0 Å². The molecule has 0 unspecified atom stereocenters. The van der Waals surface area contributed by atoms with E-state index in [1.807, 2.05) is 0 Å². The SMILES string of the molecule is COCCN(CCCOc1ccc(F)cc1)CC(=O)O. The summed E-state index contributed by atoms with van der Waals surface area (Å²) in [5.41, 5.74) is 0. The van der Waals surface area contributed by atoms with E-state index < -0.39 is 5.97 Å². The number of benzene rings is 1. The summed E-state index contributed by atoms with van der Waals surface area (Å²) in [5.74, 6) is -0.557. The molecule has 0 bridgehead atoms. The zero-order valence-electron chi connectivity index (χ0n) is 11.5. The van der Waals surface area contributed by atoms with E-state index in [-0.39, 0.29) is 12.4 Å². The van der Waals surface area contributed by atoms with Gasteiger partial charge in [-0.25, -0.2) is 4.39 Å². The Kier molecular flexibility index (Phi) is 7.60. The zero-order chi connectivity index (χ0) is 14.8. The number of nitrogens with zero attached hydrogens (tertiary/aromatic N) is 1. The highest BCUT2D eigenvalue weighted by molar-refractivity contribution is 5.69. The number of carbonyl (C=O) groups is 1. The minimum absolute atomic E-state index is 0.0140. The molecule has 0 aromatic heterocycles. The number of carboxylic acid groups (broad SMARTS) is 1. The maximum atomic E-state index is 12.7. The lowest BCUT2D eigenvalue weighted by Gasteiger charge is -2.19. The molecule has 0 saturated carbocycles. The Labute approximate surface area is 117 Å². The predicted molar refractivity (Wildman–Crippen MR) is 72.5 cm³/mol. The van der Waals surface area contributed by atoms with Crippen LogP contribution in [0.3, 0.4) is 0 Å². The van der Waals surface area contributed by atoms with Crippen molar-refractivity contribution in [1.29, 1.82) is 0 Å². The molecule has 0 atom stereocenters. The topological polar surface area (TPSA) is 59.0 Å².